The molecule has 13 heteroatoms. The third-order valence-electron chi connectivity index (χ3n) is 6.30. The molecule has 0 aromatic heterocycles. The summed E-state index contributed by atoms with van der Waals surface area (Å²) in [5, 5.41) is 8.75. The molecule has 0 spiro atoms. The normalized spacial score (nSPS) is 14.0. The fourth-order valence-electron chi connectivity index (χ4n) is 3.94. The van der Waals surface area contributed by atoms with Gasteiger partial charge in [0.15, 0.2) is 11.6 Å². The van der Waals surface area contributed by atoms with Crippen LogP contribution in [0, 0.1) is 23.4 Å². The van der Waals surface area contributed by atoms with Crippen LogP contribution in [0.3, 0.4) is 0 Å². The van der Waals surface area contributed by atoms with Gasteiger partial charge in [-0.25, -0.2) is 18.0 Å². The molecule has 2 atom stereocenters. The molecule has 1 saturated heterocycles. The standard InChI is InChI=1S/C16H25N3O3.C13H15F3N2OS/c1-12(2)15(16(21)22-9-8-17-3)19-14-6-4-13(5-7-14)10-18-11-20;14-10-6-12(16)11(15)4-8(10)3-9(17)5-13(19)18-1-2-20-7-18/h4-7,11-12,15,17,19H,8-10H2,1-3H3,(H,18,20);4,6,9H,1-3,5,7,17H2. The molecule has 232 valence electrons. The number of rotatable bonds is 14. The molecular weight excluding hydrogens is 571 g/mol. The highest BCUT2D eigenvalue weighted by molar-refractivity contribution is 7.99. The molecule has 1 aliphatic rings. The topological polar surface area (TPSA) is 126 Å². The van der Waals surface area contributed by atoms with Gasteiger partial charge in [-0.05, 0) is 48.7 Å². The summed E-state index contributed by atoms with van der Waals surface area (Å²) in [5.41, 5.74) is 7.62. The van der Waals surface area contributed by atoms with E-state index in [1.54, 1.807) is 16.7 Å². The minimum atomic E-state index is -1.23. The third-order valence-corrected chi connectivity index (χ3v) is 7.26. The number of carbonyl (C=O) groups is 3. The molecule has 2 aromatic carbocycles. The van der Waals surface area contributed by atoms with Gasteiger partial charge in [0.1, 0.15) is 18.5 Å². The molecule has 9 nitrogen and oxygen atoms in total. The van der Waals surface area contributed by atoms with Crippen LogP contribution < -0.4 is 21.7 Å². The first-order valence-corrected chi connectivity index (χ1v) is 14.8. The van der Waals surface area contributed by atoms with E-state index in [0.717, 1.165) is 23.1 Å². The summed E-state index contributed by atoms with van der Waals surface area (Å²) >= 11 is 1.66. The summed E-state index contributed by atoms with van der Waals surface area (Å²) in [7, 11) is 1.81. The Labute approximate surface area is 249 Å². The van der Waals surface area contributed by atoms with E-state index in [1.165, 1.54) is 0 Å². The first-order valence-electron chi connectivity index (χ1n) is 13.6. The highest BCUT2D eigenvalue weighted by Crippen LogP contribution is 2.18. The fourth-order valence-corrected chi connectivity index (χ4v) is 4.91. The number of likely N-dealkylation sites (N-methyl/N-ethyl adjacent to an activating group) is 1. The molecule has 0 bridgehead atoms. The first kappa shape index (κ1) is 34.9. The lowest BCUT2D eigenvalue weighted by molar-refractivity contribution is -0.145. The van der Waals surface area contributed by atoms with E-state index in [9.17, 15) is 27.6 Å². The zero-order chi connectivity index (χ0) is 31.1. The van der Waals surface area contributed by atoms with Crippen LogP contribution in [-0.2, 0) is 32.1 Å². The van der Waals surface area contributed by atoms with Gasteiger partial charge in [-0.1, -0.05) is 26.0 Å². The average Bonchev–Trinajstić information content (AvgIpc) is 3.50. The van der Waals surface area contributed by atoms with E-state index < -0.39 is 29.5 Å². The Hall–Kier alpha value is -3.29. The second kappa shape index (κ2) is 18.3. The van der Waals surface area contributed by atoms with E-state index in [4.69, 9.17) is 10.5 Å². The summed E-state index contributed by atoms with van der Waals surface area (Å²) in [6.07, 6.45) is 0.733. The number of amides is 2. The zero-order valence-electron chi connectivity index (χ0n) is 24.1. The lowest BCUT2D eigenvalue weighted by Gasteiger charge is -2.22. The van der Waals surface area contributed by atoms with Crippen LogP contribution >= 0.6 is 11.8 Å². The Morgan fingerprint density at radius 1 is 1.12 bits per heavy atom. The van der Waals surface area contributed by atoms with E-state index >= 15 is 0 Å². The van der Waals surface area contributed by atoms with Crippen molar-refractivity contribution in [3.05, 3.63) is 65.0 Å². The van der Waals surface area contributed by atoms with Crippen molar-refractivity contribution in [1.82, 2.24) is 15.5 Å². The van der Waals surface area contributed by atoms with E-state index in [2.05, 4.69) is 16.0 Å². The van der Waals surface area contributed by atoms with E-state index in [1.807, 2.05) is 45.2 Å². The number of nitrogens with zero attached hydrogens (tertiary/aromatic N) is 1. The number of thioether (sulfide) groups is 1. The lowest BCUT2D eigenvalue weighted by Crippen LogP contribution is -2.37. The van der Waals surface area contributed by atoms with Crippen LogP contribution in [0.1, 0.15) is 31.4 Å². The molecule has 0 saturated carbocycles. The van der Waals surface area contributed by atoms with Gasteiger partial charge >= 0.3 is 5.97 Å². The fraction of sp³-hybridized carbons (Fsp3) is 0.483. The molecule has 2 aromatic rings. The number of benzene rings is 2. The summed E-state index contributed by atoms with van der Waals surface area (Å²) in [5.74, 6) is -1.88. The molecule has 1 fully saturated rings. The number of nitrogens with two attached hydrogens (primary N) is 1. The Kier molecular flexibility index (Phi) is 15.2. The van der Waals surface area contributed by atoms with E-state index in [0.29, 0.717) is 44.6 Å². The van der Waals surface area contributed by atoms with Crippen LogP contribution in [-0.4, -0.2) is 73.6 Å². The summed E-state index contributed by atoms with van der Waals surface area (Å²) in [6, 6.07) is 7.86. The molecule has 1 aliphatic heterocycles. The number of ether oxygens (including phenoxy) is 1. The van der Waals surface area contributed by atoms with Gasteiger partial charge in [0.25, 0.3) is 0 Å². The van der Waals surface area contributed by atoms with Gasteiger partial charge in [0.2, 0.25) is 12.3 Å². The number of esters is 1. The second-order valence-electron chi connectivity index (χ2n) is 10.1. The number of hydrogen-bond acceptors (Lipinski definition) is 8. The minimum Gasteiger partial charge on any atom is -0.463 e. The minimum absolute atomic E-state index is 0.00421. The maximum Gasteiger partial charge on any atom is 0.328 e. The Balaban J connectivity index is 0.000000294. The number of hydrogen-bond donors (Lipinski definition) is 4. The van der Waals surface area contributed by atoms with Crippen LogP contribution in [0.25, 0.3) is 0 Å². The predicted molar refractivity (Wildman–Crippen MR) is 158 cm³/mol. The number of halogens is 3. The van der Waals surface area contributed by atoms with Crippen LogP contribution in [0.5, 0.6) is 0 Å². The average molecular weight is 612 g/mol. The maximum atomic E-state index is 13.5. The number of carbonyl (C=O) groups excluding carboxylic acids is 3. The second-order valence-corrected chi connectivity index (χ2v) is 11.1. The van der Waals surface area contributed by atoms with Crippen molar-refractivity contribution in [3.8, 4) is 0 Å². The van der Waals surface area contributed by atoms with Crippen LogP contribution in [0.4, 0.5) is 18.9 Å². The van der Waals surface area contributed by atoms with Crippen molar-refractivity contribution in [2.45, 2.75) is 45.3 Å². The van der Waals surface area contributed by atoms with Crippen LogP contribution in [0.2, 0.25) is 0 Å². The quantitative estimate of drug-likeness (QED) is 0.111. The summed E-state index contributed by atoms with van der Waals surface area (Å²) < 4.78 is 44.6. The van der Waals surface area contributed by atoms with Crippen LogP contribution in [0.15, 0.2) is 36.4 Å². The van der Waals surface area contributed by atoms with Gasteiger partial charge in [0.05, 0.1) is 5.88 Å². The summed E-state index contributed by atoms with van der Waals surface area (Å²) in [6.45, 7) is 6.11. The smallest absolute Gasteiger partial charge is 0.328 e. The third kappa shape index (κ3) is 11.9. The molecular formula is C29H40F3N5O4S. The van der Waals surface area contributed by atoms with E-state index in [-0.39, 0.29) is 36.2 Å². The van der Waals surface area contributed by atoms with Crippen molar-refractivity contribution >= 4 is 35.7 Å². The van der Waals surface area contributed by atoms with Crippen molar-refractivity contribution in [2.24, 2.45) is 11.7 Å². The molecule has 0 radical (unpaired) electrons. The molecule has 2 amide bonds. The van der Waals surface area contributed by atoms with Crippen molar-refractivity contribution < 1.29 is 32.3 Å². The highest BCUT2D eigenvalue weighted by Gasteiger charge is 2.24. The van der Waals surface area contributed by atoms with Gasteiger partial charge < -0.3 is 31.3 Å². The molecule has 5 N–H and O–H groups in total. The Morgan fingerprint density at radius 2 is 1.81 bits per heavy atom. The maximum absolute atomic E-state index is 13.5. The monoisotopic (exact) mass is 611 g/mol. The Morgan fingerprint density at radius 3 is 2.40 bits per heavy atom. The number of anilines is 1. The van der Waals surface area contributed by atoms with Gasteiger partial charge in [0, 0.05) is 49.6 Å². The molecule has 3 rings (SSSR count). The van der Waals surface area contributed by atoms with Gasteiger partial charge in [-0.2, -0.15) is 0 Å². The van der Waals surface area contributed by atoms with Crippen molar-refractivity contribution in [3.63, 3.8) is 0 Å². The first-order chi connectivity index (χ1) is 20.0. The Bertz CT molecular complexity index is 1150. The summed E-state index contributed by atoms with van der Waals surface area (Å²) in [4.78, 5) is 35.9. The SMILES string of the molecule is CNCCOC(=O)C(Nc1ccc(CNC=O)cc1)C(C)C.NC(CC(=O)N1CCSC1)Cc1cc(F)c(F)cc1F. The molecule has 42 heavy (non-hydrogen) atoms. The molecule has 1 heterocycles. The molecule has 0 aliphatic carbocycles. The van der Waals surface area contributed by atoms with Gasteiger partial charge in [-0.3, -0.25) is 9.59 Å². The van der Waals surface area contributed by atoms with Crippen molar-refractivity contribution in [1.29, 1.82) is 0 Å². The predicted octanol–water partition coefficient (Wildman–Crippen LogP) is 3.03. The molecule has 2 unspecified atom stereocenters. The van der Waals surface area contributed by atoms with Crippen molar-refractivity contribution in [2.75, 3.05) is 43.7 Å². The number of nitrogens with one attached hydrogen (secondary N) is 3. The highest BCUT2D eigenvalue weighted by atomic mass is 32.2. The lowest BCUT2D eigenvalue weighted by atomic mass is 10.0. The largest absolute Gasteiger partial charge is 0.463 e. The zero-order valence-corrected chi connectivity index (χ0v) is 24.9. The van der Waals surface area contributed by atoms with Gasteiger partial charge in [-0.15, -0.1) is 11.8 Å².